The van der Waals surface area contributed by atoms with Crippen LogP contribution in [0, 0.1) is 10.1 Å². The first-order chi connectivity index (χ1) is 10.5. The third-order valence-corrected chi connectivity index (χ3v) is 4.10. The lowest BCUT2D eigenvalue weighted by atomic mass is 10.0. The summed E-state index contributed by atoms with van der Waals surface area (Å²) in [6.45, 7) is 4.64. The van der Waals surface area contributed by atoms with Crippen LogP contribution in [0.1, 0.15) is 26.2 Å². The highest BCUT2D eigenvalue weighted by atomic mass is 16.6. The molecule has 22 heavy (non-hydrogen) atoms. The van der Waals surface area contributed by atoms with Gasteiger partial charge < -0.3 is 15.1 Å². The van der Waals surface area contributed by atoms with Gasteiger partial charge in [-0.3, -0.25) is 10.1 Å². The van der Waals surface area contributed by atoms with Gasteiger partial charge in [0.15, 0.2) is 0 Å². The summed E-state index contributed by atoms with van der Waals surface area (Å²) in [7, 11) is 3.98. The molecule has 0 aliphatic carbocycles. The third kappa shape index (κ3) is 3.62. The van der Waals surface area contributed by atoms with Gasteiger partial charge >= 0.3 is 5.69 Å². The second-order valence-corrected chi connectivity index (χ2v) is 5.72. The van der Waals surface area contributed by atoms with Gasteiger partial charge in [-0.2, -0.15) is 0 Å². The van der Waals surface area contributed by atoms with E-state index in [1.807, 2.05) is 18.9 Å². The maximum Gasteiger partial charge on any atom is 0.353 e. The van der Waals surface area contributed by atoms with Crippen molar-refractivity contribution in [2.45, 2.75) is 32.2 Å². The van der Waals surface area contributed by atoms with Gasteiger partial charge in [-0.1, -0.05) is 6.92 Å². The topological polar surface area (TPSA) is 87.4 Å². The zero-order valence-electron chi connectivity index (χ0n) is 13.4. The zero-order valence-corrected chi connectivity index (χ0v) is 13.4. The molecule has 0 unspecified atom stereocenters. The molecule has 1 fully saturated rings. The van der Waals surface area contributed by atoms with Gasteiger partial charge in [0.2, 0.25) is 11.6 Å². The van der Waals surface area contributed by atoms with E-state index in [1.54, 1.807) is 0 Å². The van der Waals surface area contributed by atoms with Crippen LogP contribution in [-0.2, 0) is 0 Å². The Bertz CT molecular complexity index is 516. The number of nitro groups is 1. The Morgan fingerprint density at radius 2 is 2.14 bits per heavy atom. The minimum atomic E-state index is -0.390. The highest BCUT2D eigenvalue weighted by Gasteiger charge is 2.30. The molecule has 2 heterocycles. The van der Waals surface area contributed by atoms with Crippen molar-refractivity contribution in [2.24, 2.45) is 0 Å². The number of nitrogens with one attached hydrogen (secondary N) is 1. The van der Waals surface area contributed by atoms with E-state index in [9.17, 15) is 10.1 Å². The molecule has 0 radical (unpaired) electrons. The van der Waals surface area contributed by atoms with Gasteiger partial charge in [-0.15, -0.1) is 0 Å². The van der Waals surface area contributed by atoms with Crippen LogP contribution in [0.4, 0.5) is 17.3 Å². The molecule has 1 aromatic rings. The van der Waals surface area contributed by atoms with Crippen molar-refractivity contribution in [3.05, 3.63) is 16.4 Å². The molecule has 2 rings (SSSR count). The Morgan fingerprint density at radius 3 is 2.73 bits per heavy atom. The summed E-state index contributed by atoms with van der Waals surface area (Å²) in [6, 6.07) is 0.267. The summed E-state index contributed by atoms with van der Waals surface area (Å²) in [6.07, 6.45) is 4.23. The summed E-state index contributed by atoms with van der Waals surface area (Å²) in [4.78, 5) is 23.5. The number of anilines is 2. The lowest BCUT2D eigenvalue weighted by Gasteiger charge is -2.35. The number of nitrogens with zero attached hydrogens (tertiary/aromatic N) is 5. The first kappa shape index (κ1) is 16.4. The van der Waals surface area contributed by atoms with Gasteiger partial charge in [-0.25, -0.2) is 9.97 Å². The quantitative estimate of drug-likeness (QED) is 0.632. The Labute approximate surface area is 130 Å². The Morgan fingerprint density at radius 1 is 1.45 bits per heavy atom. The molecule has 0 spiro atoms. The van der Waals surface area contributed by atoms with E-state index in [2.05, 4.69) is 27.2 Å². The summed E-state index contributed by atoms with van der Waals surface area (Å²) in [5.74, 6) is 0.699. The average Bonchev–Trinajstić information content (AvgIpc) is 2.52. The van der Waals surface area contributed by atoms with Crippen molar-refractivity contribution in [3.8, 4) is 0 Å². The molecule has 0 bridgehead atoms. The predicted octanol–water partition coefficient (Wildman–Crippen LogP) is 1.74. The van der Waals surface area contributed by atoms with E-state index < -0.39 is 4.92 Å². The van der Waals surface area contributed by atoms with Crippen LogP contribution < -0.4 is 10.2 Å². The Balaban J connectivity index is 2.27. The van der Waals surface area contributed by atoms with Crippen LogP contribution in [0.5, 0.6) is 0 Å². The number of aromatic nitrogens is 2. The largest absolute Gasteiger partial charge is 0.364 e. The molecule has 8 nitrogen and oxygen atoms in total. The molecule has 1 saturated heterocycles. The molecule has 0 saturated carbocycles. The van der Waals surface area contributed by atoms with Crippen LogP contribution in [0.15, 0.2) is 6.33 Å². The van der Waals surface area contributed by atoms with Gasteiger partial charge in [0.25, 0.3) is 0 Å². The fourth-order valence-electron chi connectivity index (χ4n) is 2.72. The second kappa shape index (κ2) is 7.35. The minimum Gasteiger partial charge on any atom is -0.364 e. The lowest BCUT2D eigenvalue weighted by Crippen LogP contribution is -2.42. The van der Waals surface area contributed by atoms with Crippen LogP contribution in [0.25, 0.3) is 0 Å². The van der Waals surface area contributed by atoms with Crippen molar-refractivity contribution in [3.63, 3.8) is 0 Å². The number of piperidine rings is 1. The third-order valence-electron chi connectivity index (χ3n) is 4.10. The summed E-state index contributed by atoms with van der Waals surface area (Å²) >= 11 is 0. The van der Waals surface area contributed by atoms with Gasteiger partial charge in [0, 0.05) is 19.6 Å². The molecule has 1 N–H and O–H groups in total. The standard InChI is InChI=1S/C14H24N6O2/c1-4-7-15-13-12(20(21)22)14(17-10-16-13)19(3)11-5-8-18(2)9-6-11/h10-11H,4-9H2,1-3H3,(H,15,16,17). The molecule has 0 aromatic carbocycles. The number of rotatable bonds is 6. The molecule has 8 heteroatoms. The number of hydrogen-bond donors (Lipinski definition) is 1. The van der Waals surface area contributed by atoms with E-state index in [1.165, 1.54) is 6.33 Å². The van der Waals surface area contributed by atoms with E-state index in [4.69, 9.17) is 0 Å². The first-order valence-corrected chi connectivity index (χ1v) is 7.69. The maximum absolute atomic E-state index is 11.5. The predicted molar refractivity (Wildman–Crippen MR) is 86.4 cm³/mol. The van der Waals surface area contributed by atoms with Crippen molar-refractivity contribution < 1.29 is 4.92 Å². The molecular formula is C14H24N6O2. The van der Waals surface area contributed by atoms with Crippen LogP contribution in [0.3, 0.4) is 0 Å². The number of likely N-dealkylation sites (tertiary alicyclic amines) is 1. The highest BCUT2D eigenvalue weighted by molar-refractivity contribution is 5.70. The smallest absolute Gasteiger partial charge is 0.353 e. The lowest BCUT2D eigenvalue weighted by molar-refractivity contribution is -0.383. The van der Waals surface area contributed by atoms with E-state index in [0.29, 0.717) is 18.2 Å². The van der Waals surface area contributed by atoms with E-state index in [0.717, 1.165) is 32.4 Å². The SMILES string of the molecule is CCCNc1ncnc(N(C)C2CCN(C)CC2)c1[N+](=O)[O-]. The van der Waals surface area contributed by atoms with Gasteiger partial charge in [-0.05, 0) is 39.4 Å². The molecule has 1 aromatic heterocycles. The first-order valence-electron chi connectivity index (χ1n) is 7.69. The maximum atomic E-state index is 11.5. The summed E-state index contributed by atoms with van der Waals surface area (Å²) < 4.78 is 0. The zero-order chi connectivity index (χ0) is 16.1. The Kier molecular flexibility index (Phi) is 5.48. The van der Waals surface area contributed by atoms with Crippen LogP contribution >= 0.6 is 0 Å². The van der Waals surface area contributed by atoms with E-state index in [-0.39, 0.29) is 11.7 Å². The molecule has 1 aliphatic heterocycles. The Hall–Kier alpha value is -1.96. The average molecular weight is 308 g/mol. The van der Waals surface area contributed by atoms with Gasteiger partial charge in [0.05, 0.1) is 4.92 Å². The normalized spacial score (nSPS) is 16.5. The number of hydrogen-bond acceptors (Lipinski definition) is 7. The van der Waals surface area contributed by atoms with Crippen molar-refractivity contribution in [2.75, 3.05) is 43.9 Å². The van der Waals surface area contributed by atoms with Gasteiger partial charge in [0.1, 0.15) is 6.33 Å². The summed E-state index contributed by atoms with van der Waals surface area (Å²) in [5, 5.41) is 14.5. The highest BCUT2D eigenvalue weighted by Crippen LogP contribution is 2.33. The molecular weight excluding hydrogens is 284 g/mol. The molecule has 122 valence electrons. The minimum absolute atomic E-state index is 0.0302. The fourth-order valence-corrected chi connectivity index (χ4v) is 2.72. The summed E-state index contributed by atoms with van der Waals surface area (Å²) in [5.41, 5.74) is -0.0302. The van der Waals surface area contributed by atoms with Crippen LogP contribution in [-0.4, -0.2) is 59.6 Å². The monoisotopic (exact) mass is 308 g/mol. The fraction of sp³-hybridized carbons (Fsp3) is 0.714. The molecule has 0 amide bonds. The van der Waals surface area contributed by atoms with Crippen molar-refractivity contribution >= 4 is 17.3 Å². The van der Waals surface area contributed by atoms with Crippen LogP contribution in [0.2, 0.25) is 0 Å². The second-order valence-electron chi connectivity index (χ2n) is 5.72. The van der Waals surface area contributed by atoms with Crippen molar-refractivity contribution in [1.29, 1.82) is 0 Å². The molecule has 1 aliphatic rings. The van der Waals surface area contributed by atoms with Crippen molar-refractivity contribution in [1.82, 2.24) is 14.9 Å². The molecule has 0 atom stereocenters. The van der Waals surface area contributed by atoms with E-state index >= 15 is 0 Å².